The van der Waals surface area contributed by atoms with Crippen LogP contribution in [-0.4, -0.2) is 21.9 Å². The predicted molar refractivity (Wildman–Crippen MR) is 96.7 cm³/mol. The Morgan fingerprint density at radius 3 is 2.71 bits per heavy atom. The molecule has 2 aliphatic rings. The lowest BCUT2D eigenvalue weighted by Crippen LogP contribution is -2.47. The number of benzene rings is 1. The third-order valence-corrected chi connectivity index (χ3v) is 5.73. The maximum atomic E-state index is 10.7. The number of fused-ring (bicyclic) bond motifs is 3. The molecule has 3 atom stereocenters. The van der Waals surface area contributed by atoms with Crippen LogP contribution in [0, 0.1) is 5.92 Å². The van der Waals surface area contributed by atoms with E-state index in [1.807, 2.05) is 13.0 Å². The molecule has 0 aromatic heterocycles. The summed E-state index contributed by atoms with van der Waals surface area (Å²) in [6.45, 7) is 8.35. The van der Waals surface area contributed by atoms with Gasteiger partial charge in [0.25, 0.3) is 0 Å². The van der Waals surface area contributed by atoms with E-state index in [2.05, 4.69) is 32.9 Å². The second kappa shape index (κ2) is 6.44. The number of aromatic hydroxyl groups is 1. The summed E-state index contributed by atoms with van der Waals surface area (Å²) < 4.78 is 6.30. The zero-order valence-corrected chi connectivity index (χ0v) is 15.3. The van der Waals surface area contributed by atoms with Crippen molar-refractivity contribution in [3.8, 4) is 11.5 Å². The maximum absolute atomic E-state index is 10.7. The summed E-state index contributed by atoms with van der Waals surface area (Å²) in [5, 5.41) is 20.9. The highest BCUT2D eigenvalue weighted by atomic mass is 16.5. The van der Waals surface area contributed by atoms with Crippen LogP contribution in [0.25, 0.3) is 0 Å². The van der Waals surface area contributed by atoms with Gasteiger partial charge in [-0.2, -0.15) is 0 Å². The summed E-state index contributed by atoms with van der Waals surface area (Å²) in [6.07, 6.45) is 6.89. The molecule has 3 rings (SSSR count). The normalized spacial score (nSPS) is 27.7. The molecule has 0 spiro atoms. The summed E-state index contributed by atoms with van der Waals surface area (Å²) in [4.78, 5) is 0. The van der Waals surface area contributed by atoms with Crippen molar-refractivity contribution in [3.05, 3.63) is 34.9 Å². The second-order valence-corrected chi connectivity index (χ2v) is 7.98. The fourth-order valence-electron chi connectivity index (χ4n) is 4.25. The first kappa shape index (κ1) is 17.3. The number of hydrogen-bond acceptors (Lipinski definition) is 3. The van der Waals surface area contributed by atoms with Crippen LogP contribution in [0.15, 0.2) is 23.8 Å². The fraction of sp³-hybridized carbons (Fsp3) is 0.619. The number of phenolic OH excluding ortho intramolecular Hbond substituents is 1. The minimum absolute atomic E-state index is 0.108. The van der Waals surface area contributed by atoms with E-state index in [9.17, 15) is 10.2 Å². The standard InChI is InChI=1S/C21H30O3/c1-5-6-7-8-14-10-18(23)20-15-9-13(2)17(22)12-16(15)21(3,4)24-19(20)11-14/h9-11,15-17,22-23H,5-8,12H2,1-4H3/t15-,16+,17-/m1/s1. The summed E-state index contributed by atoms with van der Waals surface area (Å²) >= 11 is 0. The third kappa shape index (κ3) is 3.06. The first-order valence-corrected chi connectivity index (χ1v) is 9.24. The topological polar surface area (TPSA) is 49.7 Å². The molecule has 0 fully saturated rings. The van der Waals surface area contributed by atoms with Crippen molar-refractivity contribution in [1.29, 1.82) is 0 Å². The highest BCUT2D eigenvalue weighted by molar-refractivity contribution is 5.54. The van der Waals surface area contributed by atoms with Gasteiger partial charge < -0.3 is 14.9 Å². The Balaban J connectivity index is 2.00. The third-order valence-electron chi connectivity index (χ3n) is 5.73. The molecule has 1 aliphatic carbocycles. The van der Waals surface area contributed by atoms with E-state index in [-0.39, 0.29) is 17.4 Å². The summed E-state index contributed by atoms with van der Waals surface area (Å²) in [6, 6.07) is 4.01. The molecule has 1 aromatic rings. The summed E-state index contributed by atoms with van der Waals surface area (Å²) in [5.41, 5.74) is 2.67. The van der Waals surface area contributed by atoms with Gasteiger partial charge in [-0.05, 0) is 63.3 Å². The Kier molecular flexibility index (Phi) is 4.65. The molecular formula is C21H30O3. The van der Waals surface area contributed by atoms with Crippen molar-refractivity contribution in [2.45, 2.75) is 77.4 Å². The van der Waals surface area contributed by atoms with Gasteiger partial charge in [0.15, 0.2) is 0 Å². The number of rotatable bonds is 4. The minimum Gasteiger partial charge on any atom is -0.507 e. The Morgan fingerprint density at radius 2 is 2.00 bits per heavy atom. The van der Waals surface area contributed by atoms with E-state index in [4.69, 9.17) is 4.74 Å². The van der Waals surface area contributed by atoms with Crippen LogP contribution in [-0.2, 0) is 6.42 Å². The second-order valence-electron chi connectivity index (χ2n) is 7.98. The quantitative estimate of drug-likeness (QED) is 0.621. The molecular weight excluding hydrogens is 300 g/mol. The Labute approximate surface area is 145 Å². The van der Waals surface area contributed by atoms with Gasteiger partial charge in [0, 0.05) is 17.4 Å². The smallest absolute Gasteiger partial charge is 0.127 e. The predicted octanol–water partition coefficient (Wildman–Crippen LogP) is 4.71. The average molecular weight is 330 g/mol. The van der Waals surface area contributed by atoms with E-state index in [0.29, 0.717) is 12.2 Å². The Bertz CT molecular complexity index is 645. The van der Waals surface area contributed by atoms with Gasteiger partial charge in [0.1, 0.15) is 17.1 Å². The van der Waals surface area contributed by atoms with Gasteiger partial charge in [-0.25, -0.2) is 0 Å². The van der Waals surface area contributed by atoms with E-state index < -0.39 is 6.10 Å². The molecule has 0 radical (unpaired) electrons. The van der Waals surface area contributed by atoms with Gasteiger partial charge in [-0.15, -0.1) is 0 Å². The minimum atomic E-state index is -0.411. The number of phenols is 1. The van der Waals surface area contributed by atoms with Crippen molar-refractivity contribution in [1.82, 2.24) is 0 Å². The van der Waals surface area contributed by atoms with Crippen molar-refractivity contribution < 1.29 is 14.9 Å². The van der Waals surface area contributed by atoms with Crippen molar-refractivity contribution in [2.75, 3.05) is 0 Å². The highest BCUT2D eigenvalue weighted by Gasteiger charge is 2.47. The molecule has 0 saturated carbocycles. The molecule has 2 N–H and O–H groups in total. The lowest BCUT2D eigenvalue weighted by molar-refractivity contribution is -0.00919. The number of unbranched alkanes of at least 4 members (excludes halogenated alkanes) is 2. The molecule has 132 valence electrons. The van der Waals surface area contributed by atoms with E-state index >= 15 is 0 Å². The van der Waals surface area contributed by atoms with Crippen LogP contribution in [0.4, 0.5) is 0 Å². The van der Waals surface area contributed by atoms with Crippen LogP contribution >= 0.6 is 0 Å². The van der Waals surface area contributed by atoms with Gasteiger partial charge >= 0.3 is 0 Å². The van der Waals surface area contributed by atoms with Crippen LogP contribution in [0.1, 0.15) is 70.4 Å². The first-order chi connectivity index (χ1) is 11.3. The van der Waals surface area contributed by atoms with Crippen LogP contribution in [0.3, 0.4) is 0 Å². The average Bonchev–Trinajstić information content (AvgIpc) is 2.49. The Morgan fingerprint density at radius 1 is 1.25 bits per heavy atom. The number of ether oxygens (including phenoxy) is 1. The van der Waals surface area contributed by atoms with Crippen LogP contribution in [0.2, 0.25) is 0 Å². The first-order valence-electron chi connectivity index (χ1n) is 9.24. The molecule has 0 unspecified atom stereocenters. The lowest BCUT2D eigenvalue weighted by Gasteiger charge is -2.47. The molecule has 1 aliphatic heterocycles. The molecule has 3 nitrogen and oxygen atoms in total. The van der Waals surface area contributed by atoms with Crippen molar-refractivity contribution >= 4 is 0 Å². The van der Waals surface area contributed by atoms with Gasteiger partial charge in [-0.3, -0.25) is 0 Å². The highest BCUT2D eigenvalue weighted by Crippen LogP contribution is 2.53. The largest absolute Gasteiger partial charge is 0.507 e. The SMILES string of the molecule is CCCCCc1cc(O)c2c(c1)OC(C)(C)[C@H]1C[C@@H](O)C(C)=C[C@@H]21. The Hall–Kier alpha value is -1.48. The zero-order chi connectivity index (χ0) is 17.5. The molecule has 0 saturated heterocycles. The van der Waals surface area contributed by atoms with Crippen molar-refractivity contribution in [3.63, 3.8) is 0 Å². The van der Waals surface area contributed by atoms with Gasteiger partial charge in [-0.1, -0.05) is 25.8 Å². The van der Waals surface area contributed by atoms with Gasteiger partial charge in [0.05, 0.1) is 6.10 Å². The molecule has 1 aromatic carbocycles. The molecule has 0 amide bonds. The lowest BCUT2D eigenvalue weighted by atomic mass is 9.67. The zero-order valence-electron chi connectivity index (χ0n) is 15.3. The summed E-state index contributed by atoms with van der Waals surface area (Å²) in [5.74, 6) is 1.43. The molecule has 0 bridgehead atoms. The fourth-order valence-corrected chi connectivity index (χ4v) is 4.25. The number of aryl methyl sites for hydroxylation is 1. The van der Waals surface area contributed by atoms with Crippen molar-refractivity contribution in [2.24, 2.45) is 5.92 Å². The van der Waals surface area contributed by atoms with E-state index in [1.165, 1.54) is 12.8 Å². The maximum Gasteiger partial charge on any atom is 0.127 e. The number of hydrogen-bond donors (Lipinski definition) is 2. The summed E-state index contributed by atoms with van der Waals surface area (Å²) in [7, 11) is 0. The molecule has 1 heterocycles. The monoisotopic (exact) mass is 330 g/mol. The van der Waals surface area contributed by atoms with Gasteiger partial charge in [0.2, 0.25) is 0 Å². The van der Waals surface area contributed by atoms with E-state index in [0.717, 1.165) is 35.3 Å². The number of allylic oxidation sites excluding steroid dienone is 1. The molecule has 3 heteroatoms. The number of aliphatic hydroxyl groups is 1. The van der Waals surface area contributed by atoms with Crippen LogP contribution < -0.4 is 4.74 Å². The number of aliphatic hydroxyl groups excluding tert-OH is 1. The van der Waals surface area contributed by atoms with E-state index in [1.54, 1.807) is 0 Å². The molecule has 24 heavy (non-hydrogen) atoms. The van der Waals surface area contributed by atoms with Crippen LogP contribution in [0.5, 0.6) is 11.5 Å².